The van der Waals surface area contributed by atoms with E-state index in [0.29, 0.717) is 13.1 Å². The van der Waals surface area contributed by atoms with Gasteiger partial charge in [0.25, 0.3) is 5.56 Å². The van der Waals surface area contributed by atoms with E-state index in [2.05, 4.69) is 4.98 Å². The summed E-state index contributed by atoms with van der Waals surface area (Å²) in [5, 5.41) is 5.67. The molecule has 1 aromatic carbocycles. The summed E-state index contributed by atoms with van der Waals surface area (Å²) < 4.78 is 7.33. The van der Waals surface area contributed by atoms with E-state index in [1.54, 1.807) is 11.0 Å². The number of ether oxygens (including phenoxy) is 1. The second kappa shape index (κ2) is 8.50. The zero-order valence-electron chi connectivity index (χ0n) is 18.8. The van der Waals surface area contributed by atoms with Gasteiger partial charge in [0.1, 0.15) is 11.2 Å². The van der Waals surface area contributed by atoms with Crippen LogP contribution >= 0.6 is 0 Å². The summed E-state index contributed by atoms with van der Waals surface area (Å²) in [6.07, 6.45) is 1.27. The number of likely N-dealkylation sites (tertiary alicyclic amines) is 1. The molecule has 1 saturated heterocycles. The SMILES string of the molecule is CC.Cc1ccc2nn3c(C4CCN(C(=O)OC(C)(C)C)CC4)cc(=O)[nH]c3c2c1. The number of aryl methyl sites for hydroxylation is 1. The molecule has 1 amide bonds. The van der Waals surface area contributed by atoms with E-state index in [1.165, 1.54) is 0 Å². The second-order valence-corrected chi connectivity index (χ2v) is 8.58. The lowest BCUT2D eigenvalue weighted by Crippen LogP contribution is -2.41. The Hall–Kier alpha value is -2.83. The minimum Gasteiger partial charge on any atom is -0.444 e. The van der Waals surface area contributed by atoms with Gasteiger partial charge < -0.3 is 14.6 Å². The van der Waals surface area contributed by atoms with Crippen molar-refractivity contribution in [1.82, 2.24) is 19.5 Å². The van der Waals surface area contributed by atoms with Gasteiger partial charge in [0.05, 0.1) is 11.2 Å². The van der Waals surface area contributed by atoms with Crippen LogP contribution < -0.4 is 5.56 Å². The molecule has 2 aromatic heterocycles. The van der Waals surface area contributed by atoms with Crippen LogP contribution in [-0.2, 0) is 4.74 Å². The first-order valence-electron chi connectivity index (χ1n) is 10.7. The molecule has 4 rings (SSSR count). The van der Waals surface area contributed by atoms with Gasteiger partial charge in [-0.15, -0.1) is 0 Å². The first-order valence-corrected chi connectivity index (χ1v) is 10.7. The Bertz CT molecular complexity index is 1100. The highest BCUT2D eigenvalue weighted by atomic mass is 16.6. The molecular formula is C23H32N4O3. The van der Waals surface area contributed by atoms with Gasteiger partial charge in [-0.25, -0.2) is 9.31 Å². The number of carbonyl (C=O) groups is 1. The minimum atomic E-state index is -0.500. The van der Waals surface area contributed by atoms with Crippen LogP contribution in [-0.4, -0.2) is 44.3 Å². The molecule has 0 saturated carbocycles. The van der Waals surface area contributed by atoms with Crippen molar-refractivity contribution in [2.24, 2.45) is 0 Å². The average Bonchev–Trinajstić information content (AvgIpc) is 3.05. The van der Waals surface area contributed by atoms with Crippen molar-refractivity contribution in [3.05, 3.63) is 45.9 Å². The number of hydrogen-bond acceptors (Lipinski definition) is 4. The van der Waals surface area contributed by atoms with Crippen LogP contribution in [0.3, 0.4) is 0 Å². The molecule has 1 aliphatic heterocycles. The van der Waals surface area contributed by atoms with E-state index >= 15 is 0 Å². The maximum Gasteiger partial charge on any atom is 0.410 e. The molecule has 0 spiro atoms. The van der Waals surface area contributed by atoms with Crippen molar-refractivity contribution in [2.45, 2.75) is 65.9 Å². The fourth-order valence-corrected chi connectivity index (χ4v) is 3.83. The van der Waals surface area contributed by atoms with Crippen LogP contribution in [0, 0.1) is 6.92 Å². The van der Waals surface area contributed by atoms with Crippen LogP contribution in [0.15, 0.2) is 29.1 Å². The van der Waals surface area contributed by atoms with Crippen LogP contribution in [0.5, 0.6) is 0 Å². The third kappa shape index (κ3) is 4.50. The Morgan fingerprint density at radius 3 is 2.47 bits per heavy atom. The summed E-state index contributed by atoms with van der Waals surface area (Å²) in [4.78, 5) is 29.3. The summed E-state index contributed by atoms with van der Waals surface area (Å²) in [6, 6.07) is 7.68. The van der Waals surface area contributed by atoms with E-state index in [9.17, 15) is 9.59 Å². The lowest BCUT2D eigenvalue weighted by molar-refractivity contribution is 0.0203. The van der Waals surface area contributed by atoms with E-state index < -0.39 is 5.60 Å². The lowest BCUT2D eigenvalue weighted by Gasteiger charge is -2.33. The minimum absolute atomic E-state index is 0.125. The van der Waals surface area contributed by atoms with Crippen LogP contribution in [0.4, 0.5) is 4.79 Å². The van der Waals surface area contributed by atoms with Crippen molar-refractivity contribution >= 4 is 22.6 Å². The number of amides is 1. The highest BCUT2D eigenvalue weighted by molar-refractivity contribution is 5.92. The van der Waals surface area contributed by atoms with Gasteiger partial charge in [-0.1, -0.05) is 25.5 Å². The third-order valence-corrected chi connectivity index (χ3v) is 5.16. The normalized spacial score (nSPS) is 15.2. The number of hydrogen-bond donors (Lipinski definition) is 1. The van der Waals surface area contributed by atoms with Gasteiger partial charge in [-0.2, -0.15) is 5.10 Å². The molecule has 7 nitrogen and oxygen atoms in total. The standard InChI is InChI=1S/C21H26N4O3.C2H6/c1-13-5-6-16-15(11-13)19-22-18(26)12-17(25(19)23-16)14-7-9-24(10-8-14)20(27)28-21(2,3)4;1-2/h5-6,11-12,14H,7-10H2,1-4H3,(H,22,26);1-2H3. The first kappa shape index (κ1) is 21.9. The average molecular weight is 413 g/mol. The quantitative estimate of drug-likeness (QED) is 0.632. The zero-order valence-corrected chi connectivity index (χ0v) is 18.8. The summed E-state index contributed by atoms with van der Waals surface area (Å²) in [7, 11) is 0. The molecular weight excluding hydrogens is 380 g/mol. The van der Waals surface area contributed by atoms with Crippen molar-refractivity contribution in [2.75, 3.05) is 13.1 Å². The van der Waals surface area contributed by atoms with Crippen LogP contribution in [0.2, 0.25) is 0 Å². The van der Waals surface area contributed by atoms with Gasteiger partial charge in [0, 0.05) is 30.5 Å². The van der Waals surface area contributed by atoms with Gasteiger partial charge in [-0.05, 0) is 52.7 Å². The molecule has 0 aliphatic carbocycles. The van der Waals surface area contributed by atoms with Crippen LogP contribution in [0.1, 0.15) is 64.6 Å². The molecule has 162 valence electrons. The first-order chi connectivity index (χ1) is 14.2. The van der Waals surface area contributed by atoms with Crippen molar-refractivity contribution < 1.29 is 9.53 Å². The zero-order chi connectivity index (χ0) is 22.1. The molecule has 0 bridgehead atoms. The Balaban J connectivity index is 0.00000124. The molecule has 0 unspecified atom stereocenters. The van der Waals surface area contributed by atoms with Gasteiger partial charge in [-0.3, -0.25) is 4.79 Å². The fourth-order valence-electron chi connectivity index (χ4n) is 3.83. The summed E-state index contributed by atoms with van der Waals surface area (Å²) in [5.74, 6) is 0.166. The fraction of sp³-hybridized carbons (Fsp3) is 0.522. The Kier molecular flexibility index (Phi) is 6.19. The highest BCUT2D eigenvalue weighted by Crippen LogP contribution is 2.30. The molecule has 30 heavy (non-hydrogen) atoms. The number of nitrogens with one attached hydrogen (secondary N) is 1. The lowest BCUT2D eigenvalue weighted by atomic mass is 9.93. The number of carbonyl (C=O) groups excluding carboxylic acids is 1. The van der Waals surface area contributed by atoms with E-state index in [4.69, 9.17) is 9.84 Å². The number of H-pyrrole nitrogens is 1. The molecule has 7 heteroatoms. The number of rotatable bonds is 1. The van der Waals surface area contributed by atoms with Gasteiger partial charge >= 0.3 is 6.09 Å². The summed E-state index contributed by atoms with van der Waals surface area (Å²) in [6.45, 7) is 12.8. The van der Waals surface area contributed by atoms with Crippen molar-refractivity contribution in [3.8, 4) is 0 Å². The molecule has 0 radical (unpaired) electrons. The monoisotopic (exact) mass is 412 g/mol. The maximum absolute atomic E-state index is 12.3. The highest BCUT2D eigenvalue weighted by Gasteiger charge is 2.29. The predicted octanol–water partition coefficient (Wildman–Crippen LogP) is 4.62. The topological polar surface area (TPSA) is 79.7 Å². The Morgan fingerprint density at radius 2 is 1.83 bits per heavy atom. The number of fused-ring (bicyclic) bond motifs is 3. The summed E-state index contributed by atoms with van der Waals surface area (Å²) in [5.41, 5.74) is 2.99. The summed E-state index contributed by atoms with van der Waals surface area (Å²) >= 11 is 0. The smallest absolute Gasteiger partial charge is 0.410 e. The van der Waals surface area contributed by atoms with E-state index in [0.717, 1.165) is 40.6 Å². The predicted molar refractivity (Wildman–Crippen MR) is 119 cm³/mol. The van der Waals surface area contributed by atoms with Crippen molar-refractivity contribution in [3.63, 3.8) is 0 Å². The number of piperidine rings is 1. The third-order valence-electron chi connectivity index (χ3n) is 5.16. The number of benzene rings is 1. The van der Waals surface area contributed by atoms with Gasteiger partial charge in [0.2, 0.25) is 0 Å². The Morgan fingerprint density at radius 1 is 1.17 bits per heavy atom. The molecule has 0 atom stereocenters. The number of aromatic amines is 1. The molecule has 3 aromatic rings. The number of aromatic nitrogens is 3. The van der Waals surface area contributed by atoms with Crippen molar-refractivity contribution in [1.29, 1.82) is 0 Å². The largest absolute Gasteiger partial charge is 0.444 e. The molecule has 1 N–H and O–H groups in total. The van der Waals surface area contributed by atoms with E-state index in [1.807, 2.05) is 64.3 Å². The molecule has 1 fully saturated rings. The Labute approximate surface area is 177 Å². The van der Waals surface area contributed by atoms with Gasteiger partial charge in [0.15, 0.2) is 0 Å². The number of nitrogens with zero attached hydrogens (tertiary/aromatic N) is 3. The maximum atomic E-state index is 12.3. The molecule has 1 aliphatic rings. The van der Waals surface area contributed by atoms with E-state index in [-0.39, 0.29) is 17.6 Å². The van der Waals surface area contributed by atoms with Crippen LogP contribution in [0.25, 0.3) is 16.6 Å². The molecule has 3 heterocycles. The second-order valence-electron chi connectivity index (χ2n) is 8.58.